The van der Waals surface area contributed by atoms with Crippen molar-refractivity contribution in [3.8, 4) is 6.07 Å². The van der Waals surface area contributed by atoms with Crippen molar-refractivity contribution in [2.24, 2.45) is 5.73 Å². The van der Waals surface area contributed by atoms with E-state index in [0.717, 1.165) is 47.3 Å². The first-order valence-corrected chi connectivity index (χ1v) is 10.7. The number of aromatic nitrogens is 4. The Balaban J connectivity index is 1.40. The fourth-order valence-electron chi connectivity index (χ4n) is 5.09. The molecule has 0 amide bonds. The first kappa shape index (κ1) is 19.1. The number of nitrogens with two attached hydrogens (primary N) is 1. The van der Waals surface area contributed by atoms with Crippen LogP contribution in [-0.2, 0) is 6.54 Å². The molecule has 1 saturated heterocycles. The van der Waals surface area contributed by atoms with E-state index < -0.39 is 5.82 Å². The zero-order chi connectivity index (χ0) is 22.2. The molecule has 6 rings (SSSR count). The highest BCUT2D eigenvalue weighted by Gasteiger charge is 2.35. The molecule has 8 nitrogen and oxygen atoms in total. The van der Waals surface area contributed by atoms with E-state index in [0.29, 0.717) is 24.3 Å². The summed E-state index contributed by atoms with van der Waals surface area (Å²) in [5, 5.41) is 19.4. The van der Waals surface area contributed by atoms with Crippen molar-refractivity contribution in [2.75, 3.05) is 29.4 Å². The molecule has 0 saturated carbocycles. The predicted molar refractivity (Wildman–Crippen MR) is 120 cm³/mol. The SMILES string of the molecule is C[C@@H]1CN(c2ccc(C#N)n3ncc(F)c23)Cc2c3ccc(N4CC(C)(N)C4)cc3nn21. The second-order valence-corrected chi connectivity index (χ2v) is 9.30. The second kappa shape index (κ2) is 6.43. The lowest BCUT2D eigenvalue weighted by Crippen LogP contribution is -2.65. The summed E-state index contributed by atoms with van der Waals surface area (Å²) >= 11 is 0. The van der Waals surface area contributed by atoms with Gasteiger partial charge in [-0.15, -0.1) is 0 Å². The summed E-state index contributed by atoms with van der Waals surface area (Å²) in [5.41, 5.74) is 10.6. The molecule has 162 valence electrons. The Morgan fingerprint density at radius 1 is 1.22 bits per heavy atom. The van der Waals surface area contributed by atoms with Gasteiger partial charge in [0.25, 0.3) is 0 Å². The van der Waals surface area contributed by atoms with Crippen molar-refractivity contribution in [2.45, 2.75) is 32.0 Å². The van der Waals surface area contributed by atoms with E-state index in [1.54, 1.807) is 6.07 Å². The van der Waals surface area contributed by atoms with Crippen LogP contribution in [0.3, 0.4) is 0 Å². The maximum Gasteiger partial charge on any atom is 0.171 e. The molecule has 1 aromatic carbocycles. The highest BCUT2D eigenvalue weighted by Crippen LogP contribution is 2.35. The number of benzene rings is 1. The molecule has 2 aliphatic rings. The fourth-order valence-corrected chi connectivity index (χ4v) is 5.09. The van der Waals surface area contributed by atoms with E-state index in [2.05, 4.69) is 57.7 Å². The number of anilines is 2. The van der Waals surface area contributed by atoms with Crippen LogP contribution >= 0.6 is 0 Å². The number of nitrogens with zero attached hydrogens (tertiary/aromatic N) is 7. The third-order valence-corrected chi connectivity index (χ3v) is 6.55. The summed E-state index contributed by atoms with van der Waals surface area (Å²) in [6.07, 6.45) is 1.16. The predicted octanol–water partition coefficient (Wildman–Crippen LogP) is 2.81. The lowest BCUT2D eigenvalue weighted by molar-refractivity contribution is 0.365. The summed E-state index contributed by atoms with van der Waals surface area (Å²) in [4.78, 5) is 4.41. The highest BCUT2D eigenvalue weighted by molar-refractivity contribution is 5.86. The van der Waals surface area contributed by atoms with Crippen molar-refractivity contribution < 1.29 is 4.39 Å². The molecule has 1 atom stereocenters. The maximum atomic E-state index is 14.6. The van der Waals surface area contributed by atoms with Gasteiger partial charge < -0.3 is 15.5 Å². The largest absolute Gasteiger partial charge is 0.368 e. The summed E-state index contributed by atoms with van der Waals surface area (Å²) < 4.78 is 18.1. The van der Waals surface area contributed by atoms with E-state index in [9.17, 15) is 9.65 Å². The molecule has 2 aliphatic heterocycles. The Labute approximate surface area is 184 Å². The fraction of sp³-hybridized carbons (Fsp3) is 0.348. The van der Waals surface area contributed by atoms with Gasteiger partial charge in [-0.3, -0.25) is 4.68 Å². The number of pyridine rings is 1. The van der Waals surface area contributed by atoms with E-state index >= 15 is 0 Å². The van der Waals surface area contributed by atoms with Crippen molar-refractivity contribution in [1.82, 2.24) is 19.4 Å². The molecule has 3 aromatic heterocycles. The number of rotatable bonds is 2. The Morgan fingerprint density at radius 3 is 2.78 bits per heavy atom. The number of hydrogen-bond donors (Lipinski definition) is 1. The topological polar surface area (TPSA) is 91.4 Å². The third kappa shape index (κ3) is 2.69. The van der Waals surface area contributed by atoms with Crippen LogP contribution in [0, 0.1) is 17.1 Å². The van der Waals surface area contributed by atoms with Gasteiger partial charge >= 0.3 is 0 Å². The van der Waals surface area contributed by atoms with Crippen molar-refractivity contribution >= 4 is 27.8 Å². The smallest absolute Gasteiger partial charge is 0.171 e. The zero-order valence-electron chi connectivity index (χ0n) is 18.0. The quantitative estimate of drug-likeness (QED) is 0.526. The molecular formula is C23H23FN8. The second-order valence-electron chi connectivity index (χ2n) is 9.30. The van der Waals surface area contributed by atoms with Gasteiger partial charge in [0.05, 0.1) is 35.7 Å². The number of hydrogen-bond acceptors (Lipinski definition) is 6. The van der Waals surface area contributed by atoms with Gasteiger partial charge in [-0.05, 0) is 44.2 Å². The van der Waals surface area contributed by atoms with E-state index in [1.807, 2.05) is 6.07 Å². The highest BCUT2D eigenvalue weighted by atomic mass is 19.1. The van der Waals surface area contributed by atoms with E-state index in [-0.39, 0.29) is 11.6 Å². The molecule has 5 heterocycles. The Kier molecular flexibility index (Phi) is 3.84. The maximum absolute atomic E-state index is 14.6. The molecule has 0 aliphatic carbocycles. The molecule has 1 fully saturated rings. The lowest BCUT2D eigenvalue weighted by atomic mass is 9.93. The van der Waals surface area contributed by atoms with Crippen LogP contribution in [0.1, 0.15) is 31.3 Å². The number of fused-ring (bicyclic) bond motifs is 4. The number of nitriles is 1. The van der Waals surface area contributed by atoms with Gasteiger partial charge in [-0.25, -0.2) is 8.91 Å². The van der Waals surface area contributed by atoms with Crippen LogP contribution in [-0.4, -0.2) is 44.6 Å². The molecule has 0 spiro atoms. The monoisotopic (exact) mass is 430 g/mol. The minimum Gasteiger partial charge on any atom is -0.368 e. The first-order valence-electron chi connectivity index (χ1n) is 10.7. The van der Waals surface area contributed by atoms with Crippen molar-refractivity contribution in [1.29, 1.82) is 5.26 Å². The normalized spacial score (nSPS) is 19.8. The molecule has 4 aromatic rings. The van der Waals surface area contributed by atoms with E-state index in [4.69, 9.17) is 10.8 Å². The molecule has 2 N–H and O–H groups in total. The summed E-state index contributed by atoms with van der Waals surface area (Å²) in [6.45, 7) is 7.13. The van der Waals surface area contributed by atoms with Crippen LogP contribution in [0.25, 0.3) is 16.4 Å². The van der Waals surface area contributed by atoms with Crippen LogP contribution in [0.15, 0.2) is 36.5 Å². The Morgan fingerprint density at radius 2 is 2.03 bits per heavy atom. The van der Waals surface area contributed by atoms with Gasteiger partial charge in [-0.1, -0.05) is 0 Å². The molecule has 0 radical (unpaired) electrons. The van der Waals surface area contributed by atoms with Gasteiger partial charge in [0, 0.05) is 36.2 Å². The van der Waals surface area contributed by atoms with Gasteiger partial charge in [0.1, 0.15) is 17.3 Å². The van der Waals surface area contributed by atoms with Crippen LogP contribution in [0.5, 0.6) is 0 Å². The minimum atomic E-state index is -0.431. The average molecular weight is 430 g/mol. The summed E-state index contributed by atoms with van der Waals surface area (Å²) in [6, 6.07) is 12.1. The summed E-state index contributed by atoms with van der Waals surface area (Å²) in [7, 11) is 0. The average Bonchev–Trinajstić information content (AvgIpc) is 3.32. The molecule has 0 unspecified atom stereocenters. The third-order valence-electron chi connectivity index (χ3n) is 6.55. The van der Waals surface area contributed by atoms with Crippen molar-refractivity contribution in [3.05, 3.63) is 53.7 Å². The standard InChI is InChI=1S/C23H23FN8/c1-14-10-29(20-6-4-16(8-25)32-22(20)18(24)9-27-32)11-21-17-5-3-15(7-19(17)28-31(14)21)30-12-23(2,26)13-30/h3-7,9,14H,10-13,26H2,1-2H3/t14-/m1/s1. The Hall–Kier alpha value is -3.64. The van der Waals surface area contributed by atoms with Gasteiger partial charge in [0.15, 0.2) is 5.82 Å². The number of halogens is 1. The first-order chi connectivity index (χ1) is 15.3. The lowest BCUT2D eigenvalue weighted by Gasteiger charge is -2.47. The zero-order valence-corrected chi connectivity index (χ0v) is 18.0. The molecule has 0 bridgehead atoms. The van der Waals surface area contributed by atoms with Gasteiger partial charge in [-0.2, -0.15) is 15.5 Å². The van der Waals surface area contributed by atoms with E-state index in [1.165, 1.54) is 4.52 Å². The molecular weight excluding hydrogens is 407 g/mol. The van der Waals surface area contributed by atoms with Crippen molar-refractivity contribution in [3.63, 3.8) is 0 Å². The molecule has 9 heteroatoms. The van der Waals surface area contributed by atoms with Crippen LogP contribution in [0.2, 0.25) is 0 Å². The summed E-state index contributed by atoms with van der Waals surface area (Å²) in [5.74, 6) is -0.431. The van der Waals surface area contributed by atoms with Crippen LogP contribution < -0.4 is 15.5 Å². The van der Waals surface area contributed by atoms with Gasteiger partial charge in [0.2, 0.25) is 0 Å². The molecule has 32 heavy (non-hydrogen) atoms. The minimum absolute atomic E-state index is 0.104. The van der Waals surface area contributed by atoms with Crippen LogP contribution in [0.4, 0.5) is 15.8 Å². The Bertz CT molecular complexity index is 1420.